The van der Waals surface area contributed by atoms with E-state index in [0.29, 0.717) is 16.4 Å². The van der Waals surface area contributed by atoms with Gasteiger partial charge in [0.05, 0.1) is 17.7 Å². The first-order valence-corrected chi connectivity index (χ1v) is 9.97. The number of benzene rings is 1. The lowest BCUT2D eigenvalue weighted by atomic mass is 10.2. The maximum atomic E-state index is 12.2. The molecule has 0 radical (unpaired) electrons. The lowest BCUT2D eigenvalue weighted by Gasteiger charge is -2.08. The first-order chi connectivity index (χ1) is 12.0. The fraction of sp³-hybridized carbons (Fsp3) is 0.118. The van der Waals surface area contributed by atoms with Gasteiger partial charge in [0.15, 0.2) is 5.13 Å². The number of carbonyl (C=O) groups is 2. The highest BCUT2D eigenvalue weighted by Gasteiger charge is 2.12. The highest BCUT2D eigenvalue weighted by Crippen LogP contribution is 2.21. The monoisotopic (exact) mass is 435 g/mol. The van der Waals surface area contributed by atoms with Crippen molar-refractivity contribution in [2.45, 2.75) is 13.3 Å². The minimum Gasteiger partial charge on any atom is -0.326 e. The number of aromatic nitrogens is 1. The highest BCUT2D eigenvalue weighted by atomic mass is 79.9. The van der Waals surface area contributed by atoms with Crippen molar-refractivity contribution < 1.29 is 9.59 Å². The molecule has 0 saturated carbocycles. The number of anilines is 2. The summed E-state index contributed by atoms with van der Waals surface area (Å²) >= 11 is 6.16. The number of rotatable bonds is 5. The second kappa shape index (κ2) is 7.90. The van der Waals surface area contributed by atoms with Gasteiger partial charge in [0.1, 0.15) is 0 Å². The molecule has 0 atom stereocenters. The van der Waals surface area contributed by atoms with Gasteiger partial charge in [-0.3, -0.25) is 14.9 Å². The molecule has 0 aliphatic rings. The lowest BCUT2D eigenvalue weighted by Crippen LogP contribution is -2.15. The third kappa shape index (κ3) is 4.75. The van der Waals surface area contributed by atoms with Crippen molar-refractivity contribution in [3.8, 4) is 0 Å². The SMILES string of the molecule is Cc1cc(Br)ccc1NC(=O)Cc1csc(NC(=O)c2ccsc2)n1. The van der Waals surface area contributed by atoms with Crippen LogP contribution >= 0.6 is 38.6 Å². The molecule has 0 saturated heterocycles. The Kier molecular flexibility index (Phi) is 5.62. The Labute approximate surface area is 161 Å². The zero-order chi connectivity index (χ0) is 17.8. The number of thiophene rings is 1. The summed E-state index contributed by atoms with van der Waals surface area (Å²) in [5.74, 6) is -0.344. The number of hydrogen-bond acceptors (Lipinski definition) is 5. The van der Waals surface area contributed by atoms with E-state index in [1.165, 1.54) is 22.7 Å². The van der Waals surface area contributed by atoms with Crippen LogP contribution in [0, 0.1) is 6.92 Å². The number of nitrogens with zero attached hydrogens (tertiary/aromatic N) is 1. The van der Waals surface area contributed by atoms with Gasteiger partial charge in [-0.05, 0) is 42.1 Å². The average molecular weight is 436 g/mol. The molecule has 0 spiro atoms. The second-order valence-corrected chi connectivity index (χ2v) is 7.85. The molecule has 25 heavy (non-hydrogen) atoms. The molecule has 0 aliphatic heterocycles. The van der Waals surface area contributed by atoms with Crippen LogP contribution in [0.5, 0.6) is 0 Å². The molecule has 2 heterocycles. The fourth-order valence-electron chi connectivity index (χ4n) is 2.13. The van der Waals surface area contributed by atoms with E-state index >= 15 is 0 Å². The molecule has 0 unspecified atom stereocenters. The minimum atomic E-state index is -0.197. The van der Waals surface area contributed by atoms with Crippen molar-refractivity contribution in [3.63, 3.8) is 0 Å². The summed E-state index contributed by atoms with van der Waals surface area (Å²) in [6.07, 6.45) is 0.153. The van der Waals surface area contributed by atoms with Gasteiger partial charge in [0, 0.05) is 20.9 Å². The summed E-state index contributed by atoms with van der Waals surface area (Å²) in [5.41, 5.74) is 2.97. The van der Waals surface area contributed by atoms with Gasteiger partial charge in [0.25, 0.3) is 5.91 Å². The maximum absolute atomic E-state index is 12.2. The number of aryl methyl sites for hydroxylation is 1. The zero-order valence-electron chi connectivity index (χ0n) is 13.2. The van der Waals surface area contributed by atoms with Crippen molar-refractivity contribution in [2.75, 3.05) is 10.6 Å². The van der Waals surface area contributed by atoms with Crippen molar-refractivity contribution in [3.05, 3.63) is 61.7 Å². The molecule has 0 fully saturated rings. The maximum Gasteiger partial charge on any atom is 0.258 e. The normalized spacial score (nSPS) is 10.5. The Morgan fingerprint density at radius 3 is 2.76 bits per heavy atom. The topological polar surface area (TPSA) is 71.1 Å². The van der Waals surface area contributed by atoms with E-state index in [9.17, 15) is 9.59 Å². The Morgan fingerprint density at radius 1 is 1.20 bits per heavy atom. The van der Waals surface area contributed by atoms with Gasteiger partial charge in [-0.15, -0.1) is 11.3 Å². The van der Waals surface area contributed by atoms with Gasteiger partial charge in [0.2, 0.25) is 5.91 Å². The average Bonchev–Trinajstić information content (AvgIpc) is 3.22. The minimum absolute atomic E-state index is 0.147. The Bertz CT molecular complexity index is 907. The summed E-state index contributed by atoms with van der Waals surface area (Å²) in [5, 5.41) is 11.5. The largest absolute Gasteiger partial charge is 0.326 e. The van der Waals surface area contributed by atoms with E-state index in [4.69, 9.17) is 0 Å². The number of carbonyl (C=O) groups excluding carboxylic acids is 2. The number of nitrogens with one attached hydrogen (secondary N) is 2. The Morgan fingerprint density at radius 2 is 2.04 bits per heavy atom. The Balaban J connectivity index is 1.59. The molecule has 2 amide bonds. The number of hydrogen-bond donors (Lipinski definition) is 2. The second-order valence-electron chi connectivity index (χ2n) is 5.29. The van der Waals surface area contributed by atoms with E-state index in [1.807, 2.05) is 30.5 Å². The zero-order valence-corrected chi connectivity index (χ0v) is 16.4. The first-order valence-electron chi connectivity index (χ1n) is 7.35. The summed E-state index contributed by atoms with van der Waals surface area (Å²) in [7, 11) is 0. The summed E-state index contributed by atoms with van der Waals surface area (Å²) < 4.78 is 0.966. The smallest absolute Gasteiger partial charge is 0.258 e. The molecular weight excluding hydrogens is 422 g/mol. The lowest BCUT2D eigenvalue weighted by molar-refractivity contribution is -0.115. The van der Waals surface area contributed by atoms with Gasteiger partial charge in [-0.25, -0.2) is 4.98 Å². The molecule has 8 heteroatoms. The third-order valence-corrected chi connectivity index (χ3v) is 5.34. The van der Waals surface area contributed by atoms with E-state index < -0.39 is 0 Å². The van der Waals surface area contributed by atoms with E-state index in [-0.39, 0.29) is 18.2 Å². The van der Waals surface area contributed by atoms with Crippen LogP contribution in [0.3, 0.4) is 0 Å². The Hall–Kier alpha value is -2.03. The molecule has 128 valence electrons. The molecule has 2 aromatic heterocycles. The molecule has 0 bridgehead atoms. The van der Waals surface area contributed by atoms with Crippen LogP contribution in [0.15, 0.2) is 44.9 Å². The summed E-state index contributed by atoms with van der Waals surface area (Å²) in [6, 6.07) is 7.42. The van der Waals surface area contributed by atoms with Gasteiger partial charge in [-0.1, -0.05) is 15.9 Å². The number of amides is 2. The molecule has 3 rings (SSSR count). The van der Waals surface area contributed by atoms with Gasteiger partial charge in [-0.2, -0.15) is 11.3 Å². The highest BCUT2D eigenvalue weighted by molar-refractivity contribution is 9.10. The first kappa shape index (κ1) is 17.8. The van der Waals surface area contributed by atoms with E-state index in [0.717, 1.165) is 15.7 Å². The van der Waals surface area contributed by atoms with Crippen molar-refractivity contribution >= 4 is 61.2 Å². The summed E-state index contributed by atoms with van der Waals surface area (Å²) in [4.78, 5) is 28.5. The van der Waals surface area contributed by atoms with Crippen LogP contribution in [0.25, 0.3) is 0 Å². The van der Waals surface area contributed by atoms with Crippen LogP contribution < -0.4 is 10.6 Å². The van der Waals surface area contributed by atoms with Crippen LogP contribution in [0.1, 0.15) is 21.6 Å². The molecule has 3 aromatic rings. The molecule has 1 aromatic carbocycles. The third-order valence-electron chi connectivity index (χ3n) is 3.36. The predicted molar refractivity (Wildman–Crippen MR) is 106 cm³/mol. The van der Waals surface area contributed by atoms with Crippen molar-refractivity contribution in [2.24, 2.45) is 0 Å². The molecule has 2 N–H and O–H groups in total. The van der Waals surface area contributed by atoms with Crippen molar-refractivity contribution in [1.29, 1.82) is 0 Å². The fourth-order valence-corrected chi connectivity index (χ4v) is 3.95. The van der Waals surface area contributed by atoms with Crippen molar-refractivity contribution in [1.82, 2.24) is 4.98 Å². The van der Waals surface area contributed by atoms with Crippen LogP contribution in [0.4, 0.5) is 10.8 Å². The summed E-state index contributed by atoms with van der Waals surface area (Å²) in [6.45, 7) is 1.93. The molecule has 0 aliphatic carbocycles. The molecular formula is C17H14BrN3O2S2. The quantitative estimate of drug-likeness (QED) is 0.609. The van der Waals surface area contributed by atoms with Crippen LogP contribution in [-0.2, 0) is 11.2 Å². The van der Waals surface area contributed by atoms with Crippen LogP contribution in [0.2, 0.25) is 0 Å². The van der Waals surface area contributed by atoms with Gasteiger partial charge >= 0.3 is 0 Å². The van der Waals surface area contributed by atoms with E-state index in [2.05, 4.69) is 31.5 Å². The van der Waals surface area contributed by atoms with E-state index in [1.54, 1.807) is 16.8 Å². The predicted octanol–water partition coefficient (Wildman–Crippen LogP) is 4.71. The van der Waals surface area contributed by atoms with Gasteiger partial charge < -0.3 is 5.32 Å². The van der Waals surface area contributed by atoms with Crippen LogP contribution in [-0.4, -0.2) is 16.8 Å². The standard InChI is InChI=1S/C17H14BrN3O2S2/c1-10-6-12(18)2-3-14(10)20-15(22)7-13-9-25-17(19-13)21-16(23)11-4-5-24-8-11/h2-6,8-9H,7H2,1H3,(H,20,22)(H,19,21,23). The number of halogens is 1. The molecule has 5 nitrogen and oxygen atoms in total. The number of thiazole rings is 1.